The highest BCUT2D eigenvalue weighted by Crippen LogP contribution is 2.35. The molecule has 1 aromatic rings. The molecule has 0 N–H and O–H groups in total. The lowest BCUT2D eigenvalue weighted by molar-refractivity contribution is 0.00729. The highest BCUT2D eigenvalue weighted by molar-refractivity contribution is 5.85. The number of morpholine rings is 1. The standard InChI is InChI=1S/C24H38N2O2.2ClH/c1-2-13-25(14-3-1)15-4-18-28-24-11-7-22(8-12-24)21-5-9-23(10-6-21)26-16-19-27-20-17-26;;/h7-8,11-12,21,23H,1-6,9-10,13-20H2;2*1H/t21-,23+;;. The number of hydrogen-bond acceptors (Lipinski definition) is 4. The first-order valence-corrected chi connectivity index (χ1v) is 11.7. The maximum absolute atomic E-state index is 5.99. The summed E-state index contributed by atoms with van der Waals surface area (Å²) in [6.07, 6.45) is 10.6. The number of nitrogens with zero attached hydrogens (tertiary/aromatic N) is 2. The van der Waals surface area contributed by atoms with Crippen molar-refractivity contribution >= 4 is 24.8 Å². The monoisotopic (exact) mass is 458 g/mol. The van der Waals surface area contributed by atoms with E-state index in [0.717, 1.165) is 57.0 Å². The normalized spacial score (nSPS) is 25.7. The summed E-state index contributed by atoms with van der Waals surface area (Å²) in [5.41, 5.74) is 1.50. The Hall–Kier alpha value is -0.520. The van der Waals surface area contributed by atoms with Gasteiger partial charge in [0, 0.05) is 25.7 Å². The second-order valence-corrected chi connectivity index (χ2v) is 8.83. The van der Waals surface area contributed by atoms with Crippen LogP contribution < -0.4 is 4.74 Å². The maximum atomic E-state index is 5.99. The highest BCUT2D eigenvalue weighted by atomic mass is 35.5. The van der Waals surface area contributed by atoms with Gasteiger partial charge < -0.3 is 14.4 Å². The molecule has 0 unspecified atom stereocenters. The van der Waals surface area contributed by atoms with E-state index in [0.29, 0.717) is 0 Å². The molecule has 6 heteroatoms. The molecule has 2 heterocycles. The minimum absolute atomic E-state index is 0. The third-order valence-electron chi connectivity index (χ3n) is 6.95. The van der Waals surface area contributed by atoms with Gasteiger partial charge in [0.05, 0.1) is 19.8 Å². The summed E-state index contributed by atoms with van der Waals surface area (Å²) in [6, 6.07) is 9.76. The number of hydrogen-bond donors (Lipinski definition) is 0. The molecule has 4 nitrogen and oxygen atoms in total. The summed E-state index contributed by atoms with van der Waals surface area (Å²) in [5, 5.41) is 0. The van der Waals surface area contributed by atoms with Crippen molar-refractivity contribution in [2.24, 2.45) is 0 Å². The Morgan fingerprint density at radius 2 is 1.50 bits per heavy atom. The molecule has 3 fully saturated rings. The van der Waals surface area contributed by atoms with Gasteiger partial charge in [0.15, 0.2) is 0 Å². The molecule has 30 heavy (non-hydrogen) atoms. The van der Waals surface area contributed by atoms with E-state index in [1.807, 2.05) is 0 Å². The summed E-state index contributed by atoms with van der Waals surface area (Å²) >= 11 is 0. The van der Waals surface area contributed by atoms with E-state index in [9.17, 15) is 0 Å². The van der Waals surface area contributed by atoms with Gasteiger partial charge in [-0.15, -0.1) is 24.8 Å². The lowest BCUT2D eigenvalue weighted by atomic mass is 9.81. The summed E-state index contributed by atoms with van der Waals surface area (Å²) in [4.78, 5) is 5.24. The number of benzene rings is 1. The Morgan fingerprint density at radius 1 is 0.833 bits per heavy atom. The lowest BCUT2D eigenvalue weighted by Crippen LogP contribution is -2.44. The zero-order valence-electron chi connectivity index (χ0n) is 18.3. The van der Waals surface area contributed by atoms with Crippen LogP contribution in [-0.4, -0.2) is 68.4 Å². The average molecular weight is 460 g/mol. The van der Waals surface area contributed by atoms with E-state index in [4.69, 9.17) is 9.47 Å². The van der Waals surface area contributed by atoms with Crippen molar-refractivity contribution in [2.45, 2.75) is 63.3 Å². The summed E-state index contributed by atoms with van der Waals surface area (Å²) in [5.74, 6) is 1.76. The second-order valence-electron chi connectivity index (χ2n) is 8.83. The first kappa shape index (κ1) is 25.7. The van der Waals surface area contributed by atoms with Gasteiger partial charge in [-0.2, -0.15) is 0 Å². The molecule has 0 radical (unpaired) electrons. The first-order valence-electron chi connectivity index (χ1n) is 11.7. The van der Waals surface area contributed by atoms with Gasteiger partial charge in [-0.25, -0.2) is 0 Å². The number of likely N-dealkylation sites (tertiary alicyclic amines) is 1. The van der Waals surface area contributed by atoms with Crippen molar-refractivity contribution in [1.29, 1.82) is 0 Å². The lowest BCUT2D eigenvalue weighted by Gasteiger charge is -2.38. The molecule has 0 atom stereocenters. The Bertz CT molecular complexity index is 567. The Kier molecular flexibility index (Phi) is 11.8. The van der Waals surface area contributed by atoms with E-state index in [1.165, 1.54) is 70.1 Å². The van der Waals surface area contributed by atoms with Crippen molar-refractivity contribution < 1.29 is 9.47 Å². The van der Waals surface area contributed by atoms with Crippen LogP contribution in [0.2, 0.25) is 0 Å². The Balaban J connectivity index is 0.00000160. The molecule has 1 aromatic carbocycles. The SMILES string of the molecule is Cl.Cl.c1cc([C@H]2CC[C@@H](N3CCOCC3)CC2)ccc1OCCCN1CCCCC1. The molecule has 0 bridgehead atoms. The van der Waals surface area contributed by atoms with Crippen molar-refractivity contribution in [3.05, 3.63) is 29.8 Å². The molecule has 4 rings (SSSR count). The minimum Gasteiger partial charge on any atom is -0.494 e. The van der Waals surface area contributed by atoms with E-state index >= 15 is 0 Å². The van der Waals surface area contributed by atoms with Crippen LogP contribution in [0, 0.1) is 0 Å². The number of piperidine rings is 1. The van der Waals surface area contributed by atoms with Crippen molar-refractivity contribution in [1.82, 2.24) is 9.80 Å². The molecule has 3 aliphatic rings. The van der Waals surface area contributed by atoms with Crippen LogP contribution in [-0.2, 0) is 4.74 Å². The van der Waals surface area contributed by atoms with Gasteiger partial charge >= 0.3 is 0 Å². The molecule has 0 aromatic heterocycles. The van der Waals surface area contributed by atoms with Gasteiger partial charge in [-0.1, -0.05) is 18.6 Å². The summed E-state index contributed by atoms with van der Waals surface area (Å²) < 4.78 is 11.5. The fourth-order valence-corrected chi connectivity index (χ4v) is 5.21. The van der Waals surface area contributed by atoms with Crippen molar-refractivity contribution in [2.75, 3.05) is 52.5 Å². The van der Waals surface area contributed by atoms with Crippen LogP contribution in [0.4, 0.5) is 0 Å². The fraction of sp³-hybridized carbons (Fsp3) is 0.750. The summed E-state index contributed by atoms with van der Waals surface area (Å²) in [7, 11) is 0. The van der Waals surface area contributed by atoms with Gasteiger partial charge in [0.25, 0.3) is 0 Å². The van der Waals surface area contributed by atoms with Crippen molar-refractivity contribution in [3.63, 3.8) is 0 Å². The van der Waals surface area contributed by atoms with Crippen LogP contribution in [0.5, 0.6) is 5.75 Å². The number of halogens is 2. The average Bonchev–Trinajstić information content (AvgIpc) is 2.79. The van der Waals surface area contributed by atoms with E-state index in [2.05, 4.69) is 34.1 Å². The van der Waals surface area contributed by atoms with Gasteiger partial charge in [-0.3, -0.25) is 4.90 Å². The molecule has 0 spiro atoms. The minimum atomic E-state index is 0. The quantitative estimate of drug-likeness (QED) is 0.527. The third-order valence-corrected chi connectivity index (χ3v) is 6.95. The third kappa shape index (κ3) is 7.56. The molecule has 172 valence electrons. The van der Waals surface area contributed by atoms with Crippen LogP contribution >= 0.6 is 24.8 Å². The molecule has 1 aliphatic carbocycles. The van der Waals surface area contributed by atoms with E-state index in [-0.39, 0.29) is 24.8 Å². The molecule has 0 amide bonds. The zero-order valence-corrected chi connectivity index (χ0v) is 19.9. The van der Waals surface area contributed by atoms with Gasteiger partial charge in [0.1, 0.15) is 5.75 Å². The first-order chi connectivity index (χ1) is 13.9. The van der Waals surface area contributed by atoms with Crippen LogP contribution in [0.3, 0.4) is 0 Å². The van der Waals surface area contributed by atoms with Crippen LogP contribution in [0.1, 0.15) is 62.8 Å². The Labute approximate surface area is 195 Å². The van der Waals surface area contributed by atoms with E-state index in [1.54, 1.807) is 0 Å². The largest absolute Gasteiger partial charge is 0.494 e. The maximum Gasteiger partial charge on any atom is 0.119 e. The predicted octanol–water partition coefficient (Wildman–Crippen LogP) is 5.14. The van der Waals surface area contributed by atoms with Gasteiger partial charge in [-0.05, 0) is 81.6 Å². The molecule has 2 aliphatic heterocycles. The zero-order chi connectivity index (χ0) is 19.0. The van der Waals surface area contributed by atoms with Gasteiger partial charge in [0.2, 0.25) is 0 Å². The summed E-state index contributed by atoms with van der Waals surface area (Å²) in [6.45, 7) is 8.66. The van der Waals surface area contributed by atoms with Crippen molar-refractivity contribution in [3.8, 4) is 5.75 Å². The number of ether oxygens (including phenoxy) is 2. The molecular weight excluding hydrogens is 419 g/mol. The number of rotatable bonds is 7. The topological polar surface area (TPSA) is 24.9 Å². The second kappa shape index (κ2) is 13.8. The predicted molar refractivity (Wildman–Crippen MR) is 129 cm³/mol. The fourth-order valence-electron chi connectivity index (χ4n) is 5.21. The van der Waals surface area contributed by atoms with Crippen LogP contribution in [0.25, 0.3) is 0 Å². The Morgan fingerprint density at radius 3 is 2.17 bits per heavy atom. The molecule has 2 saturated heterocycles. The van der Waals surface area contributed by atoms with E-state index < -0.39 is 0 Å². The smallest absolute Gasteiger partial charge is 0.119 e. The molecular formula is C24H40Cl2N2O2. The van der Waals surface area contributed by atoms with Crippen LogP contribution in [0.15, 0.2) is 24.3 Å². The highest BCUT2D eigenvalue weighted by Gasteiger charge is 2.27. The molecule has 1 saturated carbocycles.